The third-order valence-electron chi connectivity index (χ3n) is 4.69. The number of benzene rings is 2. The van der Waals surface area contributed by atoms with Crippen LogP contribution in [0.15, 0.2) is 42.5 Å². The maximum absolute atomic E-state index is 5.80. The molecule has 0 spiro atoms. The van der Waals surface area contributed by atoms with Crippen molar-refractivity contribution in [2.24, 2.45) is 5.92 Å². The summed E-state index contributed by atoms with van der Waals surface area (Å²) in [5.74, 6) is 3.19. The van der Waals surface area contributed by atoms with E-state index in [4.69, 9.17) is 14.2 Å². The summed E-state index contributed by atoms with van der Waals surface area (Å²) in [5, 5.41) is 3.73. The maximum atomic E-state index is 5.80. The van der Waals surface area contributed by atoms with Crippen LogP contribution in [0, 0.1) is 5.92 Å². The third kappa shape index (κ3) is 4.70. The van der Waals surface area contributed by atoms with Crippen LogP contribution in [0.5, 0.6) is 17.2 Å². The lowest BCUT2D eigenvalue weighted by Crippen LogP contribution is -2.22. The van der Waals surface area contributed by atoms with Gasteiger partial charge in [-0.2, -0.15) is 0 Å². The van der Waals surface area contributed by atoms with Gasteiger partial charge in [0.2, 0.25) is 0 Å². The first-order chi connectivity index (χ1) is 12.6. The normalized spacial score (nSPS) is 15.0. The number of hydrogen-bond donors (Lipinski definition) is 1. The highest BCUT2D eigenvalue weighted by Gasteiger charge is 2.32. The first-order valence-corrected chi connectivity index (χ1v) is 9.31. The Morgan fingerprint density at radius 1 is 0.962 bits per heavy atom. The van der Waals surface area contributed by atoms with Gasteiger partial charge in [0, 0.05) is 12.6 Å². The van der Waals surface area contributed by atoms with Crippen molar-refractivity contribution in [1.29, 1.82) is 0 Å². The molecule has 1 unspecified atom stereocenters. The minimum Gasteiger partial charge on any atom is -0.497 e. The molecule has 1 saturated carbocycles. The van der Waals surface area contributed by atoms with Crippen molar-refractivity contribution in [2.45, 2.75) is 45.4 Å². The quantitative estimate of drug-likeness (QED) is 0.706. The van der Waals surface area contributed by atoms with E-state index in [0.717, 1.165) is 23.8 Å². The Hall–Kier alpha value is -2.20. The Balaban J connectivity index is 1.69. The summed E-state index contributed by atoms with van der Waals surface area (Å²) in [6.07, 6.45) is 2.70. The van der Waals surface area contributed by atoms with Crippen molar-refractivity contribution < 1.29 is 14.2 Å². The fraction of sp³-hybridized carbons (Fsp3) is 0.455. The van der Waals surface area contributed by atoms with Crippen LogP contribution >= 0.6 is 0 Å². The summed E-state index contributed by atoms with van der Waals surface area (Å²) in [7, 11) is 3.38. The average molecular weight is 355 g/mol. The van der Waals surface area contributed by atoms with E-state index in [2.05, 4.69) is 29.6 Å². The molecule has 0 radical (unpaired) electrons. The highest BCUT2D eigenvalue weighted by Crippen LogP contribution is 2.41. The number of hydrogen-bond acceptors (Lipinski definition) is 4. The van der Waals surface area contributed by atoms with Crippen molar-refractivity contribution in [2.75, 3.05) is 14.2 Å². The van der Waals surface area contributed by atoms with Crippen molar-refractivity contribution in [3.05, 3.63) is 53.6 Å². The molecule has 26 heavy (non-hydrogen) atoms. The summed E-state index contributed by atoms with van der Waals surface area (Å²) in [4.78, 5) is 0. The third-order valence-corrected chi connectivity index (χ3v) is 4.69. The average Bonchev–Trinajstić information content (AvgIpc) is 3.48. The predicted octanol–water partition coefficient (Wildman–Crippen LogP) is 4.73. The molecule has 140 valence electrons. The van der Waals surface area contributed by atoms with E-state index in [9.17, 15) is 0 Å². The van der Waals surface area contributed by atoms with Crippen LogP contribution in [0.1, 0.15) is 43.9 Å². The summed E-state index contributed by atoms with van der Waals surface area (Å²) >= 11 is 0. The Morgan fingerprint density at radius 3 is 2.27 bits per heavy atom. The summed E-state index contributed by atoms with van der Waals surface area (Å²) < 4.78 is 16.6. The zero-order chi connectivity index (χ0) is 18.5. The topological polar surface area (TPSA) is 39.7 Å². The van der Waals surface area contributed by atoms with E-state index in [1.165, 1.54) is 24.0 Å². The van der Waals surface area contributed by atoms with Crippen LogP contribution in [0.4, 0.5) is 0 Å². The molecule has 3 rings (SSSR count). The predicted molar refractivity (Wildman–Crippen MR) is 104 cm³/mol. The minimum atomic E-state index is 0.127. The summed E-state index contributed by atoms with van der Waals surface area (Å²) in [6.45, 7) is 4.83. The van der Waals surface area contributed by atoms with Crippen LogP contribution in [-0.4, -0.2) is 20.3 Å². The van der Waals surface area contributed by atoms with Gasteiger partial charge in [-0.25, -0.2) is 0 Å². The smallest absolute Gasteiger partial charge is 0.161 e. The lowest BCUT2D eigenvalue weighted by molar-refractivity contribution is 0.230. The zero-order valence-electron chi connectivity index (χ0n) is 16.1. The standard InChI is InChI=1S/C22H29NO3/c1-15(2)26-20-12-5-16(13-21(20)25-4)14-23-22(17-6-7-17)18-8-10-19(24-3)11-9-18/h5,8-13,15,17,22-23H,6-7,14H2,1-4H3. The Labute approximate surface area is 156 Å². The molecule has 2 aromatic carbocycles. The van der Waals surface area contributed by atoms with Gasteiger partial charge >= 0.3 is 0 Å². The molecule has 0 aromatic heterocycles. The van der Waals surface area contributed by atoms with Crippen molar-refractivity contribution in [1.82, 2.24) is 5.32 Å². The van der Waals surface area contributed by atoms with Crippen LogP contribution in [0.2, 0.25) is 0 Å². The van der Waals surface area contributed by atoms with Gasteiger partial charge in [0.1, 0.15) is 5.75 Å². The van der Waals surface area contributed by atoms with E-state index in [1.54, 1.807) is 14.2 Å². The SMILES string of the molecule is COc1ccc(C(NCc2ccc(OC(C)C)c(OC)c2)C2CC2)cc1. The Kier molecular flexibility index (Phi) is 6.04. The van der Waals surface area contributed by atoms with Crippen LogP contribution in [-0.2, 0) is 6.54 Å². The Morgan fingerprint density at radius 2 is 1.69 bits per heavy atom. The molecule has 0 bridgehead atoms. The zero-order valence-corrected chi connectivity index (χ0v) is 16.1. The van der Waals surface area contributed by atoms with Gasteiger partial charge in [-0.05, 0) is 68.0 Å². The van der Waals surface area contributed by atoms with Gasteiger partial charge in [0.15, 0.2) is 11.5 Å². The molecule has 1 aliphatic carbocycles. The molecule has 2 aromatic rings. The van der Waals surface area contributed by atoms with Gasteiger partial charge in [-0.3, -0.25) is 0 Å². The first kappa shape index (κ1) is 18.6. The van der Waals surface area contributed by atoms with Crippen LogP contribution < -0.4 is 19.5 Å². The lowest BCUT2D eigenvalue weighted by Gasteiger charge is -2.20. The molecule has 1 aliphatic rings. The van der Waals surface area contributed by atoms with Crippen LogP contribution in [0.3, 0.4) is 0 Å². The second-order valence-electron chi connectivity index (χ2n) is 7.12. The molecule has 0 heterocycles. The van der Waals surface area contributed by atoms with E-state index < -0.39 is 0 Å². The fourth-order valence-electron chi connectivity index (χ4n) is 3.20. The summed E-state index contributed by atoms with van der Waals surface area (Å²) in [6, 6.07) is 14.9. The lowest BCUT2D eigenvalue weighted by atomic mass is 10.0. The van der Waals surface area contributed by atoms with E-state index >= 15 is 0 Å². The van der Waals surface area contributed by atoms with Gasteiger partial charge in [-0.1, -0.05) is 18.2 Å². The van der Waals surface area contributed by atoms with Crippen molar-refractivity contribution in [3.8, 4) is 17.2 Å². The van der Waals surface area contributed by atoms with E-state index in [1.807, 2.05) is 32.0 Å². The van der Waals surface area contributed by atoms with Gasteiger partial charge < -0.3 is 19.5 Å². The number of methoxy groups -OCH3 is 2. The molecule has 1 fully saturated rings. The molecule has 4 nitrogen and oxygen atoms in total. The molecular formula is C22H29NO3. The molecule has 1 N–H and O–H groups in total. The van der Waals surface area contributed by atoms with E-state index in [-0.39, 0.29) is 6.10 Å². The highest BCUT2D eigenvalue weighted by molar-refractivity contribution is 5.43. The molecule has 0 amide bonds. The second kappa shape index (κ2) is 8.45. The highest BCUT2D eigenvalue weighted by atomic mass is 16.5. The monoisotopic (exact) mass is 355 g/mol. The molecule has 1 atom stereocenters. The van der Waals surface area contributed by atoms with E-state index in [0.29, 0.717) is 12.0 Å². The Bertz CT molecular complexity index is 708. The summed E-state index contributed by atoms with van der Waals surface area (Å²) in [5.41, 5.74) is 2.51. The van der Waals surface area contributed by atoms with Crippen LogP contribution in [0.25, 0.3) is 0 Å². The fourth-order valence-corrected chi connectivity index (χ4v) is 3.20. The number of rotatable bonds is 9. The molecule has 0 saturated heterocycles. The minimum absolute atomic E-state index is 0.127. The van der Waals surface area contributed by atoms with Gasteiger partial charge in [0.25, 0.3) is 0 Å². The second-order valence-corrected chi connectivity index (χ2v) is 7.12. The van der Waals surface area contributed by atoms with Gasteiger partial charge in [-0.15, -0.1) is 0 Å². The van der Waals surface area contributed by atoms with Crippen molar-refractivity contribution in [3.63, 3.8) is 0 Å². The number of nitrogens with one attached hydrogen (secondary N) is 1. The molecule has 4 heteroatoms. The van der Waals surface area contributed by atoms with Gasteiger partial charge in [0.05, 0.1) is 20.3 Å². The number of ether oxygens (including phenoxy) is 3. The molecular weight excluding hydrogens is 326 g/mol. The van der Waals surface area contributed by atoms with Crippen molar-refractivity contribution >= 4 is 0 Å². The maximum Gasteiger partial charge on any atom is 0.161 e. The molecule has 0 aliphatic heterocycles. The first-order valence-electron chi connectivity index (χ1n) is 9.31. The largest absolute Gasteiger partial charge is 0.497 e.